The topological polar surface area (TPSA) is 51.5 Å². The third kappa shape index (κ3) is 4.42. The van der Waals surface area contributed by atoms with E-state index in [1.807, 2.05) is 32.9 Å². The first-order valence-corrected chi connectivity index (χ1v) is 10.5. The Kier molecular flexibility index (Phi) is 6.08. The highest BCUT2D eigenvalue weighted by atomic mass is 19.1. The highest BCUT2D eigenvalue weighted by Gasteiger charge is 2.15. The van der Waals surface area contributed by atoms with Crippen molar-refractivity contribution in [2.24, 2.45) is 0 Å². The molecule has 0 saturated heterocycles. The number of rotatable bonds is 6. The van der Waals surface area contributed by atoms with E-state index in [-0.39, 0.29) is 5.69 Å². The molecular formula is C27H24FNO3. The molecule has 0 bridgehead atoms. The van der Waals surface area contributed by atoms with Gasteiger partial charge in [-0.05, 0) is 50.1 Å². The first-order chi connectivity index (χ1) is 15.5. The summed E-state index contributed by atoms with van der Waals surface area (Å²) in [5.74, 6) is -0.275. The van der Waals surface area contributed by atoms with Gasteiger partial charge in [-0.3, -0.25) is 4.79 Å². The summed E-state index contributed by atoms with van der Waals surface area (Å²) in [6.45, 7) is 6.25. The van der Waals surface area contributed by atoms with Crippen LogP contribution in [0.1, 0.15) is 25.0 Å². The number of carbonyl (C=O) groups excluding carboxylic acids is 1. The minimum Gasteiger partial charge on any atom is -0.493 e. The minimum atomic E-state index is -0.482. The summed E-state index contributed by atoms with van der Waals surface area (Å²) in [6.07, 6.45) is 3.18. The van der Waals surface area contributed by atoms with Crippen LogP contribution in [0.2, 0.25) is 0 Å². The van der Waals surface area contributed by atoms with Gasteiger partial charge in [0.1, 0.15) is 17.1 Å². The Morgan fingerprint density at radius 2 is 1.88 bits per heavy atom. The molecule has 1 amide bonds. The maximum atomic E-state index is 13.9. The highest BCUT2D eigenvalue weighted by molar-refractivity contribution is 6.05. The molecule has 162 valence electrons. The van der Waals surface area contributed by atoms with Crippen molar-refractivity contribution in [2.45, 2.75) is 20.8 Å². The number of hydrogen-bond acceptors (Lipinski definition) is 3. The van der Waals surface area contributed by atoms with E-state index in [1.54, 1.807) is 18.4 Å². The summed E-state index contributed by atoms with van der Waals surface area (Å²) in [6, 6.07) is 18.1. The Bertz CT molecular complexity index is 1300. The van der Waals surface area contributed by atoms with E-state index in [4.69, 9.17) is 9.15 Å². The fraction of sp³-hybridized carbons (Fsp3) is 0.148. The lowest BCUT2D eigenvalue weighted by molar-refractivity contribution is -0.111. The summed E-state index contributed by atoms with van der Waals surface area (Å²) >= 11 is 0. The molecule has 3 aromatic carbocycles. The van der Waals surface area contributed by atoms with Gasteiger partial charge in [0.25, 0.3) is 0 Å². The van der Waals surface area contributed by atoms with Crippen LogP contribution >= 0.6 is 0 Å². The van der Waals surface area contributed by atoms with Crippen LogP contribution in [-0.4, -0.2) is 12.5 Å². The van der Waals surface area contributed by atoms with Gasteiger partial charge in [0.2, 0.25) is 5.91 Å². The van der Waals surface area contributed by atoms with Gasteiger partial charge in [-0.1, -0.05) is 42.0 Å². The van der Waals surface area contributed by atoms with Crippen molar-refractivity contribution in [3.8, 4) is 16.9 Å². The summed E-state index contributed by atoms with van der Waals surface area (Å²) in [7, 11) is 0. The monoisotopic (exact) mass is 429 g/mol. The normalized spacial score (nSPS) is 11.6. The summed E-state index contributed by atoms with van der Waals surface area (Å²) in [5.41, 5.74) is 5.50. The number of fused-ring (bicyclic) bond motifs is 1. The number of aryl methyl sites for hydroxylation is 1. The number of anilines is 1. The van der Waals surface area contributed by atoms with E-state index in [2.05, 4.69) is 29.6 Å². The average Bonchev–Trinajstić information content (AvgIpc) is 3.18. The van der Waals surface area contributed by atoms with Crippen LogP contribution in [0.5, 0.6) is 5.75 Å². The zero-order chi connectivity index (χ0) is 22.7. The fourth-order valence-corrected chi connectivity index (χ4v) is 3.60. The summed E-state index contributed by atoms with van der Waals surface area (Å²) in [4.78, 5) is 12.5. The van der Waals surface area contributed by atoms with Gasteiger partial charge in [0.05, 0.1) is 18.6 Å². The first kappa shape index (κ1) is 21.4. The van der Waals surface area contributed by atoms with Gasteiger partial charge in [-0.2, -0.15) is 0 Å². The fourth-order valence-electron chi connectivity index (χ4n) is 3.60. The van der Waals surface area contributed by atoms with Gasteiger partial charge >= 0.3 is 0 Å². The number of halogens is 1. The second-order valence-electron chi connectivity index (χ2n) is 7.59. The Morgan fingerprint density at radius 3 is 2.59 bits per heavy atom. The number of benzene rings is 3. The summed E-state index contributed by atoms with van der Waals surface area (Å²) in [5, 5.41) is 3.51. The van der Waals surface area contributed by atoms with Crippen molar-refractivity contribution in [3.63, 3.8) is 0 Å². The van der Waals surface area contributed by atoms with E-state index < -0.39 is 11.7 Å². The third-order valence-corrected chi connectivity index (χ3v) is 5.24. The van der Waals surface area contributed by atoms with E-state index in [1.165, 1.54) is 23.8 Å². The van der Waals surface area contributed by atoms with Crippen molar-refractivity contribution in [1.29, 1.82) is 0 Å². The van der Waals surface area contributed by atoms with Gasteiger partial charge in [-0.15, -0.1) is 0 Å². The second-order valence-corrected chi connectivity index (χ2v) is 7.59. The van der Waals surface area contributed by atoms with E-state index >= 15 is 0 Å². The molecule has 0 spiro atoms. The lowest BCUT2D eigenvalue weighted by atomic mass is 9.98. The van der Waals surface area contributed by atoms with Gasteiger partial charge in [0.15, 0.2) is 0 Å². The molecule has 1 aromatic heterocycles. The molecule has 1 heterocycles. The largest absolute Gasteiger partial charge is 0.493 e. The zero-order valence-electron chi connectivity index (χ0n) is 18.2. The maximum absolute atomic E-state index is 13.9. The predicted octanol–water partition coefficient (Wildman–Crippen LogP) is 6.99. The van der Waals surface area contributed by atoms with Crippen LogP contribution in [0.4, 0.5) is 10.1 Å². The molecule has 0 fully saturated rings. The average molecular weight is 429 g/mol. The second kappa shape index (κ2) is 9.10. The number of ether oxygens (including phenoxy) is 1. The molecule has 5 heteroatoms. The lowest BCUT2D eigenvalue weighted by Gasteiger charge is -2.12. The SMILES string of the molecule is CCOc1cc2occ(-c3ccc(C)cc3)c2cc1/C(C)=C/C(=O)Nc1ccccc1F. The smallest absolute Gasteiger partial charge is 0.248 e. The minimum absolute atomic E-state index is 0.138. The van der Waals surface area contributed by atoms with E-state index in [9.17, 15) is 9.18 Å². The van der Waals surface area contributed by atoms with Crippen LogP contribution < -0.4 is 10.1 Å². The Balaban J connectivity index is 1.73. The van der Waals surface area contributed by atoms with Crippen LogP contribution in [0.3, 0.4) is 0 Å². The van der Waals surface area contributed by atoms with Crippen LogP contribution in [0.15, 0.2) is 77.4 Å². The number of carbonyl (C=O) groups is 1. The third-order valence-electron chi connectivity index (χ3n) is 5.24. The quantitative estimate of drug-likeness (QED) is 0.336. The van der Waals surface area contributed by atoms with Crippen LogP contribution in [0.25, 0.3) is 27.7 Å². The molecule has 4 nitrogen and oxygen atoms in total. The standard InChI is InChI=1S/C27H24FNO3/c1-4-31-25-15-26-21(22(16-32-26)19-11-9-17(2)10-12-19)14-20(25)18(3)13-27(30)29-24-8-6-5-7-23(24)28/h5-16H,4H2,1-3H3,(H,29,30)/b18-13+. The number of para-hydroxylation sites is 1. The molecule has 0 aliphatic carbocycles. The number of allylic oxidation sites excluding steroid dienone is 1. The van der Waals surface area contributed by atoms with Gasteiger partial charge < -0.3 is 14.5 Å². The molecule has 0 radical (unpaired) electrons. The Morgan fingerprint density at radius 1 is 1.12 bits per heavy atom. The highest BCUT2D eigenvalue weighted by Crippen LogP contribution is 2.37. The molecule has 4 rings (SSSR count). The Hall–Kier alpha value is -3.86. The summed E-state index contributed by atoms with van der Waals surface area (Å²) < 4.78 is 25.5. The number of nitrogens with one attached hydrogen (secondary N) is 1. The van der Waals surface area contributed by atoms with Crippen molar-refractivity contribution in [2.75, 3.05) is 11.9 Å². The Labute approximate surface area is 186 Å². The molecule has 1 N–H and O–H groups in total. The van der Waals surface area contributed by atoms with Gasteiger partial charge in [0, 0.05) is 28.7 Å². The number of hydrogen-bond donors (Lipinski definition) is 1. The molecule has 0 unspecified atom stereocenters. The molecule has 4 aromatic rings. The molecule has 0 atom stereocenters. The van der Waals surface area contributed by atoms with E-state index in [0.717, 1.165) is 22.1 Å². The van der Waals surface area contributed by atoms with Gasteiger partial charge in [-0.25, -0.2) is 4.39 Å². The van der Waals surface area contributed by atoms with E-state index in [0.29, 0.717) is 23.5 Å². The van der Waals surface area contributed by atoms with Crippen molar-refractivity contribution < 1.29 is 18.3 Å². The van der Waals surface area contributed by atoms with Crippen LogP contribution in [0, 0.1) is 12.7 Å². The number of amides is 1. The molecular weight excluding hydrogens is 405 g/mol. The molecule has 0 aliphatic rings. The van der Waals surface area contributed by atoms with Crippen molar-refractivity contribution in [1.82, 2.24) is 0 Å². The first-order valence-electron chi connectivity index (χ1n) is 10.5. The number of furan rings is 1. The lowest BCUT2D eigenvalue weighted by Crippen LogP contribution is -2.10. The molecule has 0 saturated carbocycles. The van der Waals surface area contributed by atoms with Crippen molar-refractivity contribution in [3.05, 3.63) is 89.9 Å². The zero-order valence-corrected chi connectivity index (χ0v) is 18.2. The predicted molar refractivity (Wildman–Crippen MR) is 126 cm³/mol. The maximum Gasteiger partial charge on any atom is 0.248 e. The molecule has 0 aliphatic heterocycles. The van der Waals surface area contributed by atoms with Crippen molar-refractivity contribution >= 4 is 28.1 Å². The molecule has 32 heavy (non-hydrogen) atoms. The van der Waals surface area contributed by atoms with Crippen LogP contribution in [-0.2, 0) is 4.79 Å².